The first kappa shape index (κ1) is 13.1. The second-order valence-electron chi connectivity index (χ2n) is 6.06. The summed E-state index contributed by atoms with van der Waals surface area (Å²) < 4.78 is 2.18. The Morgan fingerprint density at radius 1 is 1.21 bits per heavy atom. The fourth-order valence-electron chi connectivity index (χ4n) is 3.63. The van der Waals surface area contributed by atoms with Crippen molar-refractivity contribution in [2.75, 3.05) is 26.2 Å². The molecule has 19 heavy (non-hydrogen) atoms. The lowest BCUT2D eigenvalue weighted by atomic mass is 9.90. The van der Waals surface area contributed by atoms with Crippen LogP contribution in [0.1, 0.15) is 32.1 Å². The summed E-state index contributed by atoms with van der Waals surface area (Å²) in [6.45, 7) is 6.18. The number of nitrogens with zero attached hydrogens (tertiary/aromatic N) is 3. The zero-order valence-corrected chi connectivity index (χ0v) is 11.8. The van der Waals surface area contributed by atoms with Gasteiger partial charge in [0.05, 0.1) is 6.33 Å². The van der Waals surface area contributed by atoms with E-state index < -0.39 is 0 Å². The molecule has 3 rings (SSSR count). The number of rotatable bonds is 5. The third kappa shape index (κ3) is 3.57. The third-order valence-electron chi connectivity index (χ3n) is 4.66. The van der Waals surface area contributed by atoms with E-state index in [1.54, 1.807) is 0 Å². The lowest BCUT2D eigenvalue weighted by Crippen LogP contribution is -2.43. The van der Waals surface area contributed by atoms with Gasteiger partial charge in [-0.05, 0) is 57.7 Å². The molecule has 2 fully saturated rings. The van der Waals surface area contributed by atoms with Gasteiger partial charge < -0.3 is 14.8 Å². The highest BCUT2D eigenvalue weighted by Crippen LogP contribution is 2.24. The Morgan fingerprint density at radius 2 is 2.21 bits per heavy atom. The first-order valence-electron chi connectivity index (χ1n) is 7.83. The van der Waals surface area contributed by atoms with Gasteiger partial charge in [0.25, 0.3) is 0 Å². The van der Waals surface area contributed by atoms with Crippen LogP contribution in [0.4, 0.5) is 0 Å². The number of aromatic nitrogens is 2. The summed E-state index contributed by atoms with van der Waals surface area (Å²) in [6, 6.07) is 0.802. The van der Waals surface area contributed by atoms with Crippen LogP contribution >= 0.6 is 0 Å². The molecular weight excluding hydrogens is 236 g/mol. The standard InChI is InChI=1S/C15H26N4/c1-5-15(17-6-1)14-4-2-8-18(12-14)9-3-10-19-11-7-16-13-19/h7,11,13-15,17H,1-6,8-10,12H2. The van der Waals surface area contributed by atoms with Gasteiger partial charge in [-0.15, -0.1) is 0 Å². The van der Waals surface area contributed by atoms with E-state index in [9.17, 15) is 0 Å². The molecule has 2 aliphatic heterocycles. The van der Waals surface area contributed by atoms with Gasteiger partial charge >= 0.3 is 0 Å². The minimum atomic E-state index is 0.802. The van der Waals surface area contributed by atoms with Crippen LogP contribution < -0.4 is 5.32 Å². The van der Waals surface area contributed by atoms with E-state index in [1.807, 2.05) is 12.5 Å². The van der Waals surface area contributed by atoms with E-state index in [-0.39, 0.29) is 0 Å². The molecule has 1 aromatic heterocycles. The number of nitrogens with one attached hydrogen (secondary N) is 1. The molecule has 1 aromatic rings. The molecule has 106 valence electrons. The molecule has 0 bridgehead atoms. The molecule has 2 saturated heterocycles. The predicted molar refractivity (Wildman–Crippen MR) is 77.0 cm³/mol. The van der Waals surface area contributed by atoms with Crippen LogP contribution in [0.3, 0.4) is 0 Å². The lowest BCUT2D eigenvalue weighted by molar-refractivity contribution is 0.149. The molecule has 2 unspecified atom stereocenters. The first-order chi connectivity index (χ1) is 9.42. The quantitative estimate of drug-likeness (QED) is 0.877. The van der Waals surface area contributed by atoms with Crippen molar-refractivity contribution in [2.45, 2.75) is 44.7 Å². The SMILES string of the molecule is c1cn(CCCN2CCCC(C3CCCN3)C2)cn1. The van der Waals surface area contributed by atoms with Crippen LogP contribution in [0.5, 0.6) is 0 Å². The van der Waals surface area contributed by atoms with Crippen molar-refractivity contribution in [3.05, 3.63) is 18.7 Å². The molecule has 2 aliphatic rings. The van der Waals surface area contributed by atoms with Gasteiger partial charge in [-0.25, -0.2) is 4.98 Å². The van der Waals surface area contributed by atoms with Crippen LogP contribution in [0.2, 0.25) is 0 Å². The predicted octanol–water partition coefficient (Wildman–Crippen LogP) is 1.74. The third-order valence-corrected chi connectivity index (χ3v) is 4.66. The molecule has 0 radical (unpaired) electrons. The summed E-state index contributed by atoms with van der Waals surface area (Å²) in [5.74, 6) is 0.893. The Hall–Kier alpha value is -0.870. The number of hydrogen-bond donors (Lipinski definition) is 1. The monoisotopic (exact) mass is 262 g/mol. The number of piperidine rings is 1. The molecule has 4 nitrogen and oxygen atoms in total. The molecular formula is C15H26N4. The van der Waals surface area contributed by atoms with Gasteiger partial charge in [0.1, 0.15) is 0 Å². The Labute approximate surface area is 116 Å². The molecule has 0 saturated carbocycles. The maximum atomic E-state index is 4.09. The number of aryl methyl sites for hydroxylation is 1. The molecule has 0 aromatic carbocycles. The van der Waals surface area contributed by atoms with E-state index >= 15 is 0 Å². The molecule has 1 N–H and O–H groups in total. The summed E-state index contributed by atoms with van der Waals surface area (Å²) in [6.07, 6.45) is 12.7. The normalized spacial score (nSPS) is 28.8. The number of hydrogen-bond acceptors (Lipinski definition) is 3. The summed E-state index contributed by atoms with van der Waals surface area (Å²) >= 11 is 0. The Balaban J connectivity index is 1.40. The topological polar surface area (TPSA) is 33.1 Å². The summed E-state index contributed by atoms with van der Waals surface area (Å²) in [5, 5.41) is 3.69. The second kappa shape index (κ2) is 6.53. The molecule has 2 atom stereocenters. The van der Waals surface area contributed by atoms with Crippen molar-refractivity contribution in [1.82, 2.24) is 19.8 Å². The largest absolute Gasteiger partial charge is 0.337 e. The van der Waals surface area contributed by atoms with Crippen LogP contribution in [-0.4, -0.2) is 46.7 Å². The van der Waals surface area contributed by atoms with Gasteiger partial charge in [0.15, 0.2) is 0 Å². The van der Waals surface area contributed by atoms with Crippen molar-refractivity contribution in [2.24, 2.45) is 5.92 Å². The van der Waals surface area contributed by atoms with Crippen LogP contribution in [0.25, 0.3) is 0 Å². The molecule has 0 aliphatic carbocycles. The zero-order valence-electron chi connectivity index (χ0n) is 11.8. The molecule has 0 amide bonds. The maximum absolute atomic E-state index is 4.09. The zero-order chi connectivity index (χ0) is 12.9. The van der Waals surface area contributed by atoms with Gasteiger partial charge in [0.2, 0.25) is 0 Å². The van der Waals surface area contributed by atoms with Crippen molar-refractivity contribution in [1.29, 1.82) is 0 Å². The van der Waals surface area contributed by atoms with E-state index in [2.05, 4.69) is 26.0 Å². The van der Waals surface area contributed by atoms with Gasteiger partial charge in [-0.3, -0.25) is 0 Å². The van der Waals surface area contributed by atoms with Gasteiger partial charge in [-0.2, -0.15) is 0 Å². The molecule has 3 heterocycles. The minimum absolute atomic E-state index is 0.802. The van der Waals surface area contributed by atoms with E-state index in [4.69, 9.17) is 0 Å². The fraction of sp³-hybridized carbons (Fsp3) is 0.800. The smallest absolute Gasteiger partial charge is 0.0945 e. The summed E-state index contributed by atoms with van der Waals surface area (Å²) in [4.78, 5) is 6.76. The van der Waals surface area contributed by atoms with E-state index in [0.717, 1.165) is 18.5 Å². The highest BCUT2D eigenvalue weighted by atomic mass is 15.1. The Kier molecular flexibility index (Phi) is 4.51. The van der Waals surface area contributed by atoms with Crippen LogP contribution in [0, 0.1) is 5.92 Å². The van der Waals surface area contributed by atoms with Crippen molar-refractivity contribution in [3.8, 4) is 0 Å². The average Bonchev–Trinajstić information content (AvgIpc) is 3.12. The maximum Gasteiger partial charge on any atom is 0.0945 e. The number of likely N-dealkylation sites (tertiary alicyclic amines) is 1. The Morgan fingerprint density at radius 3 is 3.00 bits per heavy atom. The lowest BCUT2D eigenvalue weighted by Gasteiger charge is -2.35. The summed E-state index contributed by atoms with van der Waals surface area (Å²) in [7, 11) is 0. The van der Waals surface area contributed by atoms with Crippen molar-refractivity contribution in [3.63, 3.8) is 0 Å². The van der Waals surface area contributed by atoms with Gasteiger partial charge in [0, 0.05) is 31.5 Å². The average molecular weight is 262 g/mol. The van der Waals surface area contributed by atoms with E-state index in [0.29, 0.717) is 0 Å². The fourth-order valence-corrected chi connectivity index (χ4v) is 3.63. The highest BCUT2D eigenvalue weighted by molar-refractivity contribution is 4.86. The van der Waals surface area contributed by atoms with Gasteiger partial charge in [-0.1, -0.05) is 0 Å². The van der Waals surface area contributed by atoms with Crippen molar-refractivity contribution >= 4 is 0 Å². The Bertz CT molecular complexity index is 356. The van der Waals surface area contributed by atoms with Crippen LogP contribution in [0.15, 0.2) is 18.7 Å². The van der Waals surface area contributed by atoms with Crippen molar-refractivity contribution < 1.29 is 0 Å². The van der Waals surface area contributed by atoms with E-state index in [1.165, 1.54) is 58.3 Å². The molecule has 4 heteroatoms. The highest BCUT2D eigenvalue weighted by Gasteiger charge is 2.28. The minimum Gasteiger partial charge on any atom is -0.337 e. The van der Waals surface area contributed by atoms with Crippen LogP contribution in [-0.2, 0) is 6.54 Å². The molecule has 0 spiro atoms. The first-order valence-corrected chi connectivity index (χ1v) is 7.83. The second-order valence-corrected chi connectivity index (χ2v) is 6.06. The summed E-state index contributed by atoms with van der Waals surface area (Å²) in [5.41, 5.74) is 0. The number of imidazole rings is 1.